The van der Waals surface area contributed by atoms with Crippen molar-refractivity contribution >= 4 is 23.8 Å². The third-order valence-electron chi connectivity index (χ3n) is 4.20. The second-order valence-corrected chi connectivity index (χ2v) is 7.16. The standard InChI is InChI=1S/C21H16ClFN4O2S/c1-13(19-25-26-21(30)27(19)15-5-3-2-4-6-15)28-16-7-9-17(10-8-16)29-20-18(23)11-14(22)12-24-20/h2-13H,1H3,(H,26,30)/t13-/m1/s1. The molecule has 2 aromatic heterocycles. The number of aromatic nitrogens is 4. The topological polar surface area (TPSA) is 65.0 Å². The summed E-state index contributed by atoms with van der Waals surface area (Å²) >= 11 is 11.1. The van der Waals surface area contributed by atoms with Gasteiger partial charge >= 0.3 is 0 Å². The molecule has 1 N–H and O–H groups in total. The summed E-state index contributed by atoms with van der Waals surface area (Å²) < 4.78 is 27.6. The molecule has 0 spiro atoms. The van der Waals surface area contributed by atoms with Crippen LogP contribution in [-0.4, -0.2) is 19.7 Å². The highest BCUT2D eigenvalue weighted by atomic mass is 35.5. The highest BCUT2D eigenvalue weighted by Gasteiger charge is 2.17. The van der Waals surface area contributed by atoms with Gasteiger partial charge in [0.05, 0.1) is 5.02 Å². The van der Waals surface area contributed by atoms with E-state index in [1.165, 1.54) is 6.20 Å². The average molecular weight is 443 g/mol. The molecule has 0 aliphatic carbocycles. The van der Waals surface area contributed by atoms with Crippen molar-refractivity contribution in [2.24, 2.45) is 0 Å². The summed E-state index contributed by atoms with van der Waals surface area (Å²) in [4.78, 5) is 3.84. The first kappa shape index (κ1) is 20.1. The maximum Gasteiger partial charge on any atom is 0.255 e. The van der Waals surface area contributed by atoms with Gasteiger partial charge in [0.2, 0.25) is 0 Å². The molecule has 152 valence electrons. The van der Waals surface area contributed by atoms with Gasteiger partial charge in [-0.15, -0.1) is 0 Å². The first-order valence-electron chi connectivity index (χ1n) is 8.99. The summed E-state index contributed by atoms with van der Waals surface area (Å²) in [5.74, 6) is 0.850. The fourth-order valence-corrected chi connectivity index (χ4v) is 3.23. The van der Waals surface area contributed by atoms with Gasteiger partial charge in [-0.05, 0) is 61.6 Å². The van der Waals surface area contributed by atoms with E-state index in [2.05, 4.69) is 15.2 Å². The van der Waals surface area contributed by atoms with Crippen molar-refractivity contribution in [2.75, 3.05) is 0 Å². The Labute approximate surface area is 181 Å². The molecule has 0 fully saturated rings. The fourth-order valence-electron chi connectivity index (χ4n) is 2.84. The molecule has 0 bridgehead atoms. The number of para-hydroxylation sites is 1. The number of nitrogens with zero attached hydrogens (tertiary/aromatic N) is 3. The lowest BCUT2D eigenvalue weighted by Crippen LogP contribution is -2.11. The number of ether oxygens (including phenoxy) is 2. The molecule has 30 heavy (non-hydrogen) atoms. The number of halogens is 2. The molecule has 2 aromatic carbocycles. The van der Waals surface area contributed by atoms with E-state index in [4.69, 9.17) is 33.3 Å². The first-order valence-corrected chi connectivity index (χ1v) is 9.78. The molecule has 2 heterocycles. The van der Waals surface area contributed by atoms with Crippen LogP contribution in [-0.2, 0) is 0 Å². The van der Waals surface area contributed by atoms with E-state index in [0.29, 0.717) is 22.1 Å². The largest absolute Gasteiger partial charge is 0.483 e. The Bertz CT molecular complexity index is 1210. The molecule has 0 unspecified atom stereocenters. The minimum Gasteiger partial charge on any atom is -0.483 e. The molecule has 0 saturated carbocycles. The van der Waals surface area contributed by atoms with E-state index in [1.807, 2.05) is 41.8 Å². The highest BCUT2D eigenvalue weighted by molar-refractivity contribution is 7.71. The number of nitrogens with one attached hydrogen (secondary N) is 1. The first-order chi connectivity index (χ1) is 14.5. The normalized spacial score (nSPS) is 11.8. The van der Waals surface area contributed by atoms with Crippen molar-refractivity contribution in [1.82, 2.24) is 19.7 Å². The Morgan fingerprint density at radius 3 is 2.50 bits per heavy atom. The van der Waals surface area contributed by atoms with Crippen LogP contribution in [0.5, 0.6) is 17.4 Å². The number of H-pyrrole nitrogens is 1. The summed E-state index contributed by atoms with van der Waals surface area (Å²) in [6.07, 6.45) is 0.929. The smallest absolute Gasteiger partial charge is 0.255 e. The Hall–Kier alpha value is -3.23. The molecule has 9 heteroatoms. The van der Waals surface area contributed by atoms with Crippen LogP contribution in [0.25, 0.3) is 5.69 Å². The van der Waals surface area contributed by atoms with Gasteiger partial charge in [-0.2, -0.15) is 5.10 Å². The SMILES string of the molecule is C[C@@H](Oc1ccc(Oc2ncc(Cl)cc2F)cc1)c1n[nH]c(=S)n1-c1ccccc1. The third kappa shape index (κ3) is 4.34. The summed E-state index contributed by atoms with van der Waals surface area (Å²) in [6, 6.07) is 17.6. The van der Waals surface area contributed by atoms with E-state index in [0.717, 1.165) is 11.8 Å². The molecule has 4 rings (SSSR count). The lowest BCUT2D eigenvalue weighted by Gasteiger charge is -2.16. The fraction of sp³-hybridized carbons (Fsp3) is 0.0952. The van der Waals surface area contributed by atoms with Crippen molar-refractivity contribution in [1.29, 1.82) is 0 Å². The number of hydrogen-bond acceptors (Lipinski definition) is 5. The van der Waals surface area contributed by atoms with Gasteiger partial charge in [0.25, 0.3) is 5.88 Å². The zero-order chi connectivity index (χ0) is 21.1. The Morgan fingerprint density at radius 2 is 1.80 bits per heavy atom. The van der Waals surface area contributed by atoms with Crippen LogP contribution in [0.3, 0.4) is 0 Å². The molecule has 0 amide bonds. The number of hydrogen-bond donors (Lipinski definition) is 1. The minimum absolute atomic E-state index is 0.153. The zero-order valence-electron chi connectivity index (χ0n) is 15.8. The van der Waals surface area contributed by atoms with E-state index in [1.54, 1.807) is 24.3 Å². The second kappa shape index (κ2) is 8.64. The van der Waals surface area contributed by atoms with E-state index in [-0.39, 0.29) is 17.0 Å². The quantitative estimate of drug-likeness (QED) is 0.368. The van der Waals surface area contributed by atoms with E-state index < -0.39 is 5.82 Å². The van der Waals surface area contributed by atoms with Crippen LogP contribution < -0.4 is 9.47 Å². The molecule has 0 radical (unpaired) electrons. The van der Waals surface area contributed by atoms with Gasteiger partial charge < -0.3 is 9.47 Å². The predicted octanol–water partition coefficient (Wildman–Crippen LogP) is 6.05. The summed E-state index contributed by atoms with van der Waals surface area (Å²) in [6.45, 7) is 1.88. The molecule has 0 saturated heterocycles. The lowest BCUT2D eigenvalue weighted by molar-refractivity contribution is 0.214. The maximum absolute atomic E-state index is 13.8. The Balaban J connectivity index is 1.50. The summed E-state index contributed by atoms with van der Waals surface area (Å²) in [7, 11) is 0. The van der Waals surface area contributed by atoms with Crippen LogP contribution in [0, 0.1) is 10.6 Å². The third-order valence-corrected chi connectivity index (χ3v) is 4.68. The van der Waals surface area contributed by atoms with Gasteiger partial charge in [0, 0.05) is 11.9 Å². The second-order valence-electron chi connectivity index (χ2n) is 6.33. The van der Waals surface area contributed by atoms with Crippen molar-refractivity contribution in [3.05, 3.63) is 88.3 Å². The maximum atomic E-state index is 13.8. The molecule has 0 aliphatic heterocycles. The lowest BCUT2D eigenvalue weighted by atomic mass is 10.3. The minimum atomic E-state index is -0.639. The molecule has 6 nitrogen and oxygen atoms in total. The van der Waals surface area contributed by atoms with Crippen LogP contribution in [0.2, 0.25) is 5.02 Å². The summed E-state index contributed by atoms with van der Waals surface area (Å²) in [5, 5.41) is 7.33. The molecule has 0 aliphatic rings. The van der Waals surface area contributed by atoms with Crippen LogP contribution in [0.4, 0.5) is 4.39 Å². The van der Waals surface area contributed by atoms with Crippen LogP contribution in [0.15, 0.2) is 66.9 Å². The van der Waals surface area contributed by atoms with Crippen molar-refractivity contribution in [2.45, 2.75) is 13.0 Å². The number of pyridine rings is 1. The van der Waals surface area contributed by atoms with E-state index in [9.17, 15) is 4.39 Å². The van der Waals surface area contributed by atoms with Gasteiger partial charge in [-0.3, -0.25) is 9.67 Å². The Kier molecular flexibility index (Phi) is 5.78. The summed E-state index contributed by atoms with van der Waals surface area (Å²) in [5.41, 5.74) is 0.892. The van der Waals surface area contributed by atoms with Gasteiger partial charge in [0.1, 0.15) is 11.5 Å². The van der Waals surface area contributed by atoms with Crippen molar-refractivity contribution in [3.8, 4) is 23.1 Å². The van der Waals surface area contributed by atoms with Crippen LogP contribution >= 0.6 is 23.8 Å². The molecule has 4 aromatic rings. The monoisotopic (exact) mass is 442 g/mol. The number of rotatable bonds is 6. The van der Waals surface area contributed by atoms with Gasteiger partial charge in [0.15, 0.2) is 22.5 Å². The number of benzene rings is 2. The molecular weight excluding hydrogens is 427 g/mol. The van der Waals surface area contributed by atoms with Gasteiger partial charge in [-0.1, -0.05) is 29.8 Å². The predicted molar refractivity (Wildman–Crippen MR) is 114 cm³/mol. The van der Waals surface area contributed by atoms with Crippen LogP contribution in [0.1, 0.15) is 18.9 Å². The number of aromatic amines is 1. The van der Waals surface area contributed by atoms with Crippen molar-refractivity contribution in [3.63, 3.8) is 0 Å². The Morgan fingerprint density at radius 1 is 1.10 bits per heavy atom. The van der Waals surface area contributed by atoms with Crippen molar-refractivity contribution < 1.29 is 13.9 Å². The van der Waals surface area contributed by atoms with Gasteiger partial charge in [-0.25, -0.2) is 9.37 Å². The van der Waals surface area contributed by atoms with E-state index >= 15 is 0 Å². The molecule has 1 atom stereocenters. The zero-order valence-corrected chi connectivity index (χ0v) is 17.3. The highest BCUT2D eigenvalue weighted by Crippen LogP contribution is 2.28. The molecular formula is C21H16ClFN4O2S. The average Bonchev–Trinajstić information content (AvgIpc) is 3.13.